The molecule has 0 unspecified atom stereocenters. The van der Waals surface area contributed by atoms with Crippen LogP contribution in [-0.4, -0.2) is 36.7 Å². The number of benzene rings is 1. The third-order valence-electron chi connectivity index (χ3n) is 3.93. The van der Waals surface area contributed by atoms with Gasteiger partial charge in [0.2, 0.25) is 0 Å². The average molecular weight is 291 g/mol. The van der Waals surface area contributed by atoms with E-state index in [0.717, 1.165) is 18.4 Å². The quantitative estimate of drug-likeness (QED) is 0.803. The fourth-order valence-electron chi connectivity index (χ4n) is 2.67. The molecule has 0 bridgehead atoms. The first kappa shape index (κ1) is 15.4. The van der Waals surface area contributed by atoms with Gasteiger partial charge in [-0.25, -0.2) is 4.79 Å². The minimum Gasteiger partial charge on any atom is -0.469 e. The van der Waals surface area contributed by atoms with Gasteiger partial charge >= 0.3 is 12.1 Å². The highest BCUT2D eigenvalue weighted by molar-refractivity contribution is 5.75. The summed E-state index contributed by atoms with van der Waals surface area (Å²) in [4.78, 5) is 25.5. The van der Waals surface area contributed by atoms with Crippen LogP contribution in [0.1, 0.15) is 25.3 Å². The number of piperidine rings is 1. The molecule has 114 valence electrons. The number of rotatable bonds is 3. The first-order chi connectivity index (χ1) is 10.1. The summed E-state index contributed by atoms with van der Waals surface area (Å²) in [6, 6.07) is 9.34. The van der Waals surface area contributed by atoms with Crippen molar-refractivity contribution < 1.29 is 19.1 Å². The lowest BCUT2D eigenvalue weighted by Gasteiger charge is -2.37. The zero-order valence-electron chi connectivity index (χ0n) is 12.5. The van der Waals surface area contributed by atoms with Crippen molar-refractivity contribution in [2.75, 3.05) is 13.7 Å². The normalized spacial score (nSPS) is 21.7. The maximum atomic E-state index is 12.2. The van der Waals surface area contributed by atoms with Gasteiger partial charge in [0.05, 0.1) is 13.0 Å². The minimum absolute atomic E-state index is 0.200. The molecule has 0 N–H and O–H groups in total. The fraction of sp³-hybridized carbons (Fsp3) is 0.500. The molecule has 0 aromatic heterocycles. The van der Waals surface area contributed by atoms with Gasteiger partial charge < -0.3 is 14.4 Å². The lowest BCUT2D eigenvalue weighted by molar-refractivity contribution is -0.148. The predicted molar refractivity (Wildman–Crippen MR) is 77.5 cm³/mol. The van der Waals surface area contributed by atoms with E-state index in [0.29, 0.717) is 6.54 Å². The van der Waals surface area contributed by atoms with Crippen molar-refractivity contribution in [2.24, 2.45) is 5.92 Å². The number of amides is 1. The van der Waals surface area contributed by atoms with E-state index in [-0.39, 0.29) is 30.6 Å². The van der Waals surface area contributed by atoms with Gasteiger partial charge in [-0.15, -0.1) is 0 Å². The fourth-order valence-corrected chi connectivity index (χ4v) is 2.67. The topological polar surface area (TPSA) is 55.8 Å². The molecule has 1 aromatic carbocycles. The Morgan fingerprint density at radius 2 is 2.00 bits per heavy atom. The highest BCUT2D eigenvalue weighted by Gasteiger charge is 2.36. The predicted octanol–water partition coefficient (Wildman–Crippen LogP) is 2.60. The van der Waals surface area contributed by atoms with Crippen molar-refractivity contribution in [3.8, 4) is 0 Å². The molecule has 0 spiro atoms. The summed E-state index contributed by atoms with van der Waals surface area (Å²) in [6.45, 7) is 2.72. The van der Waals surface area contributed by atoms with Crippen molar-refractivity contribution in [3.05, 3.63) is 35.9 Å². The Bertz CT molecular complexity index is 488. The average Bonchev–Trinajstić information content (AvgIpc) is 2.53. The lowest BCUT2D eigenvalue weighted by Crippen LogP contribution is -2.49. The molecule has 1 aromatic rings. The van der Waals surface area contributed by atoms with E-state index in [9.17, 15) is 9.59 Å². The largest absolute Gasteiger partial charge is 0.469 e. The van der Waals surface area contributed by atoms with Gasteiger partial charge in [-0.2, -0.15) is 0 Å². The van der Waals surface area contributed by atoms with Crippen LogP contribution in [0.2, 0.25) is 0 Å². The Balaban J connectivity index is 1.93. The molecule has 1 aliphatic heterocycles. The molecule has 2 atom stereocenters. The van der Waals surface area contributed by atoms with Crippen molar-refractivity contribution in [2.45, 2.75) is 32.4 Å². The summed E-state index contributed by atoms with van der Waals surface area (Å²) in [5.41, 5.74) is 0.944. The third-order valence-corrected chi connectivity index (χ3v) is 3.93. The van der Waals surface area contributed by atoms with Crippen LogP contribution in [0.3, 0.4) is 0 Å². The molecule has 5 heteroatoms. The second kappa shape index (κ2) is 7.11. The van der Waals surface area contributed by atoms with Gasteiger partial charge in [0.15, 0.2) is 0 Å². The zero-order chi connectivity index (χ0) is 15.2. The number of hydrogen-bond donors (Lipinski definition) is 0. The van der Waals surface area contributed by atoms with E-state index in [1.54, 1.807) is 4.90 Å². The van der Waals surface area contributed by atoms with E-state index in [1.165, 1.54) is 7.11 Å². The maximum Gasteiger partial charge on any atom is 0.410 e. The van der Waals surface area contributed by atoms with Gasteiger partial charge in [0, 0.05) is 12.6 Å². The summed E-state index contributed by atoms with van der Waals surface area (Å²) in [7, 11) is 1.38. The monoisotopic (exact) mass is 291 g/mol. The van der Waals surface area contributed by atoms with Gasteiger partial charge in [0.1, 0.15) is 6.61 Å². The van der Waals surface area contributed by atoms with Crippen LogP contribution < -0.4 is 0 Å². The van der Waals surface area contributed by atoms with Crippen LogP contribution in [0, 0.1) is 5.92 Å². The highest BCUT2D eigenvalue weighted by atomic mass is 16.6. The van der Waals surface area contributed by atoms with Crippen LogP contribution in [0.4, 0.5) is 4.79 Å². The zero-order valence-corrected chi connectivity index (χ0v) is 12.5. The van der Waals surface area contributed by atoms with Gasteiger partial charge in [-0.3, -0.25) is 4.79 Å². The van der Waals surface area contributed by atoms with Gasteiger partial charge in [-0.05, 0) is 25.3 Å². The Morgan fingerprint density at radius 3 is 2.67 bits per heavy atom. The van der Waals surface area contributed by atoms with Crippen LogP contribution >= 0.6 is 0 Å². The number of hydrogen-bond acceptors (Lipinski definition) is 4. The summed E-state index contributed by atoms with van der Waals surface area (Å²) in [5, 5.41) is 0. The van der Waals surface area contributed by atoms with Crippen molar-refractivity contribution in [3.63, 3.8) is 0 Å². The second-order valence-electron chi connectivity index (χ2n) is 5.25. The molecular weight excluding hydrogens is 270 g/mol. The summed E-state index contributed by atoms with van der Waals surface area (Å²) < 4.78 is 10.1. The number of nitrogens with zero attached hydrogens (tertiary/aromatic N) is 1. The molecule has 1 fully saturated rings. The Kier molecular flexibility index (Phi) is 5.20. The summed E-state index contributed by atoms with van der Waals surface area (Å²) in [5.74, 6) is -0.531. The van der Waals surface area contributed by atoms with Crippen LogP contribution in [0.15, 0.2) is 30.3 Å². The molecule has 1 heterocycles. The molecule has 0 aliphatic carbocycles. The van der Waals surface area contributed by atoms with Crippen LogP contribution in [-0.2, 0) is 20.9 Å². The van der Waals surface area contributed by atoms with E-state index < -0.39 is 0 Å². The SMILES string of the molecule is COC(=O)[C@@H]1CCCN(C(=O)OCc2ccccc2)[C@@H]1C. The Hall–Kier alpha value is -2.04. The molecule has 0 radical (unpaired) electrons. The molecule has 0 saturated carbocycles. The van der Waals surface area contributed by atoms with E-state index in [2.05, 4.69) is 0 Å². The first-order valence-electron chi connectivity index (χ1n) is 7.18. The lowest BCUT2D eigenvalue weighted by atomic mass is 9.90. The number of likely N-dealkylation sites (tertiary alicyclic amines) is 1. The molecule has 1 aliphatic rings. The number of carbonyl (C=O) groups is 2. The van der Waals surface area contributed by atoms with E-state index in [4.69, 9.17) is 9.47 Å². The molecule has 5 nitrogen and oxygen atoms in total. The van der Waals surface area contributed by atoms with E-state index >= 15 is 0 Å². The molecule has 21 heavy (non-hydrogen) atoms. The van der Waals surface area contributed by atoms with Crippen LogP contribution in [0.25, 0.3) is 0 Å². The van der Waals surface area contributed by atoms with Gasteiger partial charge in [0.25, 0.3) is 0 Å². The molecule has 1 amide bonds. The van der Waals surface area contributed by atoms with Crippen LogP contribution in [0.5, 0.6) is 0 Å². The Labute approximate surface area is 124 Å². The third kappa shape index (κ3) is 3.74. The number of methoxy groups -OCH3 is 1. The second-order valence-corrected chi connectivity index (χ2v) is 5.25. The molecular formula is C16H21NO4. The minimum atomic E-state index is -0.375. The first-order valence-corrected chi connectivity index (χ1v) is 7.18. The molecule has 2 rings (SSSR count). The number of ether oxygens (including phenoxy) is 2. The molecule has 1 saturated heterocycles. The summed E-state index contributed by atoms with van der Waals surface area (Å²) in [6.07, 6.45) is 1.15. The Morgan fingerprint density at radius 1 is 1.29 bits per heavy atom. The van der Waals surface area contributed by atoms with Crippen molar-refractivity contribution >= 4 is 12.1 Å². The smallest absolute Gasteiger partial charge is 0.410 e. The van der Waals surface area contributed by atoms with E-state index in [1.807, 2.05) is 37.3 Å². The number of esters is 1. The summed E-state index contributed by atoms with van der Waals surface area (Å²) >= 11 is 0. The number of carbonyl (C=O) groups excluding carboxylic acids is 2. The highest BCUT2D eigenvalue weighted by Crippen LogP contribution is 2.25. The standard InChI is InChI=1S/C16H21NO4/c1-12-14(15(18)20-2)9-6-10-17(12)16(19)21-11-13-7-4-3-5-8-13/h3-5,7-8,12,14H,6,9-11H2,1-2H3/t12-,14-/m1/s1. The van der Waals surface area contributed by atoms with Gasteiger partial charge in [-0.1, -0.05) is 30.3 Å². The van der Waals surface area contributed by atoms with Crippen molar-refractivity contribution in [1.29, 1.82) is 0 Å². The van der Waals surface area contributed by atoms with Crippen molar-refractivity contribution in [1.82, 2.24) is 4.90 Å². The maximum absolute atomic E-state index is 12.2.